The predicted octanol–water partition coefficient (Wildman–Crippen LogP) is 3.10. The van der Waals surface area contributed by atoms with Gasteiger partial charge in [-0.15, -0.1) is 0 Å². The Labute approximate surface area is 114 Å². The highest BCUT2D eigenvalue weighted by Crippen LogP contribution is 2.31. The highest BCUT2D eigenvalue weighted by atomic mass is 32.2. The maximum atomic E-state index is 12.5. The van der Waals surface area contributed by atoms with Gasteiger partial charge in [0.15, 0.2) is 0 Å². The summed E-state index contributed by atoms with van der Waals surface area (Å²) in [5.74, 6) is 1.83. The van der Waals surface area contributed by atoms with E-state index in [1.54, 1.807) is 18.8 Å². The van der Waals surface area contributed by atoms with Crippen LogP contribution in [0, 0.1) is 0 Å². The molecular weight excluding hydrogens is 275 g/mol. The van der Waals surface area contributed by atoms with Gasteiger partial charge in [-0.1, -0.05) is 12.1 Å². The summed E-state index contributed by atoms with van der Waals surface area (Å²) in [6.07, 6.45) is -4.29. The van der Waals surface area contributed by atoms with E-state index in [2.05, 4.69) is 5.32 Å². The van der Waals surface area contributed by atoms with Crippen molar-refractivity contribution in [1.82, 2.24) is 5.32 Å². The highest BCUT2D eigenvalue weighted by Gasteiger charge is 2.31. The van der Waals surface area contributed by atoms with Crippen molar-refractivity contribution in [3.8, 4) is 0 Å². The second-order valence-electron chi connectivity index (χ2n) is 4.37. The lowest BCUT2D eigenvalue weighted by molar-refractivity contribution is -0.137. The maximum Gasteiger partial charge on any atom is 0.416 e. The van der Waals surface area contributed by atoms with E-state index < -0.39 is 11.7 Å². The fourth-order valence-electron chi connectivity index (χ4n) is 2.15. The molecule has 1 fully saturated rings. The molecule has 0 aliphatic carbocycles. The summed E-state index contributed by atoms with van der Waals surface area (Å²) in [5.41, 5.74) is 0.202. The first kappa shape index (κ1) is 14.7. The number of halogens is 3. The summed E-state index contributed by atoms with van der Waals surface area (Å²) in [4.78, 5) is 0. The molecule has 0 saturated carbocycles. The lowest BCUT2D eigenvalue weighted by Gasteiger charge is -2.30. The summed E-state index contributed by atoms with van der Waals surface area (Å²) in [5, 5.41) is 3.13. The number of ether oxygens (including phenoxy) is 1. The Balaban J connectivity index is 2.14. The first-order valence-corrected chi connectivity index (χ1v) is 7.21. The van der Waals surface area contributed by atoms with E-state index in [0.717, 1.165) is 29.2 Å². The average molecular weight is 291 g/mol. The van der Waals surface area contributed by atoms with Gasteiger partial charge in [0.1, 0.15) is 0 Å². The molecule has 1 heterocycles. The number of benzene rings is 1. The minimum Gasteiger partial charge on any atom is -0.375 e. The number of hydrogen-bond donors (Lipinski definition) is 1. The van der Waals surface area contributed by atoms with E-state index >= 15 is 0 Å². The molecule has 1 aliphatic rings. The van der Waals surface area contributed by atoms with Gasteiger partial charge in [-0.3, -0.25) is 0 Å². The SMILES string of the molecule is CNC(c1ccc(C(F)(F)F)cc1)C1CSCCO1. The van der Waals surface area contributed by atoms with Crippen molar-refractivity contribution in [1.29, 1.82) is 0 Å². The molecule has 0 aromatic heterocycles. The van der Waals surface area contributed by atoms with E-state index in [1.807, 2.05) is 0 Å². The smallest absolute Gasteiger partial charge is 0.375 e. The van der Waals surface area contributed by atoms with Gasteiger partial charge in [-0.2, -0.15) is 24.9 Å². The predicted molar refractivity (Wildman–Crippen MR) is 70.3 cm³/mol. The lowest BCUT2D eigenvalue weighted by Crippen LogP contribution is -2.36. The molecule has 1 aromatic rings. The topological polar surface area (TPSA) is 21.3 Å². The summed E-state index contributed by atoms with van der Waals surface area (Å²) >= 11 is 1.80. The second-order valence-corrected chi connectivity index (χ2v) is 5.52. The maximum absolute atomic E-state index is 12.5. The number of nitrogens with one attached hydrogen (secondary N) is 1. The first-order valence-electron chi connectivity index (χ1n) is 6.06. The highest BCUT2D eigenvalue weighted by molar-refractivity contribution is 7.99. The fraction of sp³-hybridized carbons (Fsp3) is 0.538. The van der Waals surface area contributed by atoms with Gasteiger partial charge in [0.25, 0.3) is 0 Å². The normalized spacial score (nSPS) is 22.2. The van der Waals surface area contributed by atoms with Crippen LogP contribution in [-0.4, -0.2) is 31.3 Å². The van der Waals surface area contributed by atoms with Crippen LogP contribution in [0.5, 0.6) is 0 Å². The molecule has 2 rings (SSSR count). The minimum atomic E-state index is -4.29. The van der Waals surface area contributed by atoms with Gasteiger partial charge in [0.05, 0.1) is 24.3 Å². The second kappa shape index (κ2) is 6.15. The van der Waals surface area contributed by atoms with Gasteiger partial charge < -0.3 is 10.1 Å². The van der Waals surface area contributed by atoms with E-state index in [9.17, 15) is 13.2 Å². The standard InChI is InChI=1S/C13H16F3NOS/c1-17-12(11-8-19-7-6-18-11)9-2-4-10(5-3-9)13(14,15)16/h2-5,11-12,17H,6-8H2,1H3. The zero-order valence-corrected chi connectivity index (χ0v) is 11.4. The molecule has 1 aromatic carbocycles. The van der Waals surface area contributed by atoms with Crippen LogP contribution >= 0.6 is 11.8 Å². The van der Waals surface area contributed by atoms with E-state index in [-0.39, 0.29) is 12.1 Å². The van der Waals surface area contributed by atoms with Crippen LogP contribution in [0.2, 0.25) is 0 Å². The molecule has 2 unspecified atom stereocenters. The third-order valence-corrected chi connectivity index (χ3v) is 4.14. The average Bonchev–Trinajstić information content (AvgIpc) is 2.40. The number of thioether (sulfide) groups is 1. The van der Waals surface area contributed by atoms with Crippen molar-refractivity contribution >= 4 is 11.8 Å². The Morgan fingerprint density at radius 2 is 2.00 bits per heavy atom. The van der Waals surface area contributed by atoms with Crippen LogP contribution in [0.3, 0.4) is 0 Å². The molecule has 0 spiro atoms. The van der Waals surface area contributed by atoms with Gasteiger partial charge in [-0.25, -0.2) is 0 Å². The van der Waals surface area contributed by atoms with Gasteiger partial charge in [0.2, 0.25) is 0 Å². The van der Waals surface area contributed by atoms with Crippen molar-refractivity contribution in [2.75, 3.05) is 25.2 Å². The van der Waals surface area contributed by atoms with Crippen LogP contribution in [0.15, 0.2) is 24.3 Å². The van der Waals surface area contributed by atoms with E-state index in [4.69, 9.17) is 4.74 Å². The summed E-state index contributed by atoms with van der Waals surface area (Å²) in [6, 6.07) is 5.21. The van der Waals surface area contributed by atoms with Crippen molar-refractivity contribution in [3.63, 3.8) is 0 Å². The van der Waals surface area contributed by atoms with Crippen LogP contribution in [-0.2, 0) is 10.9 Å². The van der Waals surface area contributed by atoms with Crippen molar-refractivity contribution < 1.29 is 17.9 Å². The Kier molecular flexibility index (Phi) is 4.76. The summed E-state index contributed by atoms with van der Waals surface area (Å²) in [6.45, 7) is 0.689. The fourth-order valence-corrected chi connectivity index (χ4v) is 3.05. The molecule has 1 saturated heterocycles. The molecular formula is C13H16F3NOS. The molecule has 0 radical (unpaired) electrons. The quantitative estimate of drug-likeness (QED) is 0.924. The van der Waals surface area contributed by atoms with Crippen LogP contribution < -0.4 is 5.32 Å². The Hall–Kier alpha value is -0.720. The Morgan fingerprint density at radius 1 is 1.32 bits per heavy atom. The molecule has 1 N–H and O–H groups in total. The number of likely N-dealkylation sites (N-methyl/N-ethyl adjacent to an activating group) is 1. The monoisotopic (exact) mass is 291 g/mol. The molecule has 106 valence electrons. The Morgan fingerprint density at radius 3 is 2.47 bits per heavy atom. The van der Waals surface area contributed by atoms with Crippen LogP contribution in [0.4, 0.5) is 13.2 Å². The minimum absolute atomic E-state index is 0.000451. The van der Waals surface area contributed by atoms with Crippen molar-refractivity contribution in [2.24, 2.45) is 0 Å². The number of alkyl halides is 3. The molecule has 19 heavy (non-hydrogen) atoms. The Bertz CT molecular complexity index is 401. The van der Waals surface area contributed by atoms with Crippen molar-refractivity contribution in [2.45, 2.75) is 18.3 Å². The van der Waals surface area contributed by atoms with Gasteiger partial charge >= 0.3 is 6.18 Å². The molecule has 2 atom stereocenters. The van der Waals surface area contributed by atoms with Gasteiger partial charge in [-0.05, 0) is 24.7 Å². The summed E-state index contributed by atoms with van der Waals surface area (Å²) in [7, 11) is 1.80. The zero-order valence-electron chi connectivity index (χ0n) is 10.5. The van der Waals surface area contributed by atoms with Crippen LogP contribution in [0.1, 0.15) is 17.2 Å². The summed E-state index contributed by atoms with van der Waals surface area (Å²) < 4.78 is 43.2. The van der Waals surface area contributed by atoms with E-state index in [1.165, 1.54) is 12.1 Å². The number of hydrogen-bond acceptors (Lipinski definition) is 3. The molecule has 2 nitrogen and oxygen atoms in total. The molecule has 0 amide bonds. The van der Waals surface area contributed by atoms with Crippen molar-refractivity contribution in [3.05, 3.63) is 35.4 Å². The van der Waals surface area contributed by atoms with Crippen LogP contribution in [0.25, 0.3) is 0 Å². The molecule has 0 bridgehead atoms. The van der Waals surface area contributed by atoms with E-state index in [0.29, 0.717) is 6.61 Å². The molecule has 1 aliphatic heterocycles. The zero-order chi connectivity index (χ0) is 13.9. The number of rotatable bonds is 3. The lowest BCUT2D eigenvalue weighted by atomic mass is 10.0. The molecule has 6 heteroatoms. The largest absolute Gasteiger partial charge is 0.416 e. The third-order valence-electron chi connectivity index (χ3n) is 3.12. The van der Waals surface area contributed by atoms with Gasteiger partial charge in [0, 0.05) is 11.5 Å². The first-order chi connectivity index (χ1) is 9.02. The third kappa shape index (κ3) is 3.64.